The van der Waals surface area contributed by atoms with Gasteiger partial charge in [-0.3, -0.25) is 9.59 Å². The minimum Gasteiger partial charge on any atom is -0.322 e. The molecule has 0 N–H and O–H groups in total. The summed E-state index contributed by atoms with van der Waals surface area (Å²) in [4.78, 5) is 32.8. The fraction of sp³-hybridized carbons (Fsp3) is 0.111. The number of rotatable bonds is 3. The van der Waals surface area contributed by atoms with Gasteiger partial charge in [-0.1, -0.05) is 24.3 Å². The molecule has 0 aliphatic rings. The predicted molar refractivity (Wildman–Crippen MR) is 106 cm³/mol. The first-order chi connectivity index (χ1) is 12.6. The molecule has 0 fully saturated rings. The average molecular weight is 382 g/mol. The zero-order valence-electron chi connectivity index (χ0n) is 14.0. The van der Waals surface area contributed by atoms with Gasteiger partial charge in [0, 0.05) is 14.1 Å². The van der Waals surface area contributed by atoms with Crippen molar-refractivity contribution in [2.45, 2.75) is 10.3 Å². The minimum atomic E-state index is -0.262. The van der Waals surface area contributed by atoms with Gasteiger partial charge in [0.1, 0.15) is 0 Å². The van der Waals surface area contributed by atoms with Gasteiger partial charge in [-0.15, -0.1) is 0 Å². The molecule has 130 valence electrons. The lowest BCUT2D eigenvalue weighted by molar-refractivity contribution is 0.764. The Morgan fingerprint density at radius 2 is 1.08 bits per heavy atom. The Morgan fingerprint density at radius 3 is 1.50 bits per heavy atom. The molecule has 26 heavy (non-hydrogen) atoms. The quantitative estimate of drug-likeness (QED) is 0.401. The number of benzene rings is 2. The highest BCUT2D eigenvalue weighted by Crippen LogP contribution is 2.35. The number of fused-ring (bicyclic) bond motifs is 2. The maximum absolute atomic E-state index is 12.2. The average Bonchev–Trinajstić information content (AvgIpc) is 2.67. The lowest BCUT2D eigenvalue weighted by atomic mass is 10.2. The molecule has 0 saturated heterocycles. The molecule has 0 amide bonds. The van der Waals surface area contributed by atoms with Crippen LogP contribution in [-0.4, -0.2) is 19.1 Å². The molecule has 0 atom stereocenters. The van der Waals surface area contributed by atoms with Crippen molar-refractivity contribution >= 4 is 43.4 Å². The fourth-order valence-corrected chi connectivity index (χ4v) is 4.92. The number of aryl methyl sites for hydroxylation is 2. The van der Waals surface area contributed by atoms with Gasteiger partial charge in [0.05, 0.1) is 21.8 Å². The molecule has 0 aliphatic heterocycles. The second-order valence-corrected chi connectivity index (χ2v) is 7.78. The van der Waals surface area contributed by atoms with Gasteiger partial charge in [-0.05, 0) is 45.9 Å². The zero-order valence-corrected chi connectivity index (χ0v) is 15.7. The molecule has 0 radical (unpaired) electrons. The number of hydrogen-bond donors (Lipinski definition) is 0. The van der Waals surface area contributed by atoms with Crippen molar-refractivity contribution in [2.24, 2.45) is 14.1 Å². The van der Waals surface area contributed by atoms with Crippen LogP contribution in [0.4, 0.5) is 0 Å². The van der Waals surface area contributed by atoms with Crippen LogP contribution in [0.25, 0.3) is 21.8 Å². The second kappa shape index (κ2) is 6.62. The van der Waals surface area contributed by atoms with E-state index in [9.17, 15) is 9.59 Å². The van der Waals surface area contributed by atoms with Gasteiger partial charge in [-0.2, -0.15) is 9.97 Å². The molecule has 0 bridgehead atoms. The van der Waals surface area contributed by atoms with Crippen LogP contribution in [0.15, 0.2) is 68.4 Å². The summed E-state index contributed by atoms with van der Waals surface area (Å²) in [7, 11) is 6.34. The van der Waals surface area contributed by atoms with Gasteiger partial charge < -0.3 is 9.13 Å². The predicted octanol–water partition coefficient (Wildman–Crippen LogP) is 2.98. The molecular formula is C18H14N4O2S2. The summed E-state index contributed by atoms with van der Waals surface area (Å²) in [6.45, 7) is 0. The van der Waals surface area contributed by atoms with Gasteiger partial charge in [0.25, 0.3) is 11.1 Å². The van der Waals surface area contributed by atoms with E-state index in [1.54, 1.807) is 12.1 Å². The number of aromatic nitrogens is 4. The Morgan fingerprint density at radius 1 is 0.692 bits per heavy atom. The van der Waals surface area contributed by atoms with Crippen molar-refractivity contribution in [3.05, 3.63) is 69.2 Å². The lowest BCUT2D eigenvalue weighted by Crippen LogP contribution is -2.14. The van der Waals surface area contributed by atoms with Crippen molar-refractivity contribution < 1.29 is 0 Å². The SMILES string of the molecule is Cn1c(SSc2nc(=O)c3ccccc3n2C)nc(=O)c2ccccc21. The maximum Gasteiger partial charge on any atom is 0.281 e. The molecule has 2 aromatic heterocycles. The molecule has 0 unspecified atom stereocenters. The third-order valence-electron chi connectivity index (χ3n) is 4.15. The van der Waals surface area contributed by atoms with E-state index in [1.165, 1.54) is 21.6 Å². The monoisotopic (exact) mass is 382 g/mol. The summed E-state index contributed by atoms with van der Waals surface area (Å²) in [5, 5.41) is 2.28. The highest BCUT2D eigenvalue weighted by Gasteiger charge is 2.12. The molecule has 4 rings (SSSR count). The third kappa shape index (κ3) is 2.81. The third-order valence-corrected chi connectivity index (χ3v) is 6.41. The van der Waals surface area contributed by atoms with E-state index in [0.717, 1.165) is 11.0 Å². The Kier molecular flexibility index (Phi) is 4.29. The first-order valence-electron chi connectivity index (χ1n) is 7.82. The van der Waals surface area contributed by atoms with Crippen molar-refractivity contribution in [3.8, 4) is 0 Å². The highest BCUT2D eigenvalue weighted by molar-refractivity contribution is 8.76. The Balaban J connectivity index is 1.74. The van der Waals surface area contributed by atoms with E-state index in [1.807, 2.05) is 59.6 Å². The normalized spacial score (nSPS) is 11.3. The van der Waals surface area contributed by atoms with Crippen molar-refractivity contribution in [2.75, 3.05) is 0 Å². The van der Waals surface area contributed by atoms with Crippen LogP contribution in [0.5, 0.6) is 0 Å². The summed E-state index contributed by atoms with van der Waals surface area (Å²) in [5.41, 5.74) is 1.11. The number of hydrogen-bond acceptors (Lipinski definition) is 6. The summed E-state index contributed by atoms with van der Waals surface area (Å²) >= 11 is 0. The highest BCUT2D eigenvalue weighted by atomic mass is 33.1. The van der Waals surface area contributed by atoms with E-state index in [4.69, 9.17) is 0 Å². The zero-order chi connectivity index (χ0) is 18.3. The van der Waals surface area contributed by atoms with Crippen LogP contribution >= 0.6 is 21.6 Å². The summed E-state index contributed by atoms with van der Waals surface area (Å²) in [6, 6.07) is 14.7. The van der Waals surface area contributed by atoms with Crippen LogP contribution in [0.2, 0.25) is 0 Å². The minimum absolute atomic E-state index is 0.262. The fourth-order valence-electron chi connectivity index (χ4n) is 2.77. The van der Waals surface area contributed by atoms with E-state index >= 15 is 0 Å². The van der Waals surface area contributed by atoms with Crippen LogP contribution in [0.3, 0.4) is 0 Å². The van der Waals surface area contributed by atoms with Gasteiger partial charge >= 0.3 is 0 Å². The molecule has 0 saturated carbocycles. The van der Waals surface area contributed by atoms with E-state index in [2.05, 4.69) is 9.97 Å². The van der Waals surface area contributed by atoms with Crippen molar-refractivity contribution in [1.82, 2.24) is 19.1 Å². The maximum atomic E-state index is 12.2. The summed E-state index contributed by atoms with van der Waals surface area (Å²) in [6.07, 6.45) is 0. The smallest absolute Gasteiger partial charge is 0.281 e. The van der Waals surface area contributed by atoms with Gasteiger partial charge in [-0.25, -0.2) is 0 Å². The van der Waals surface area contributed by atoms with E-state index < -0.39 is 0 Å². The van der Waals surface area contributed by atoms with Crippen LogP contribution < -0.4 is 11.1 Å². The Labute approximate surface area is 156 Å². The molecule has 2 aromatic carbocycles. The Hall–Kier alpha value is -2.58. The molecule has 2 heterocycles. The second-order valence-electron chi connectivity index (χ2n) is 5.72. The molecule has 8 heteroatoms. The van der Waals surface area contributed by atoms with Crippen molar-refractivity contribution in [3.63, 3.8) is 0 Å². The first-order valence-corrected chi connectivity index (χ1v) is 9.97. The molecule has 6 nitrogen and oxygen atoms in total. The summed E-state index contributed by atoms with van der Waals surface area (Å²) in [5.74, 6) is 0. The molecule has 0 spiro atoms. The van der Waals surface area contributed by atoms with Crippen molar-refractivity contribution in [1.29, 1.82) is 0 Å². The van der Waals surface area contributed by atoms with Crippen LogP contribution in [-0.2, 0) is 14.1 Å². The lowest BCUT2D eigenvalue weighted by Gasteiger charge is -2.12. The number of nitrogens with zero attached hydrogens (tertiary/aromatic N) is 4. The van der Waals surface area contributed by atoms with E-state index in [0.29, 0.717) is 21.1 Å². The topological polar surface area (TPSA) is 69.8 Å². The standard InChI is InChI=1S/C18H14N4O2S2/c1-21-13-9-5-3-7-11(13)15(23)19-17(21)25-26-18-20-16(24)12-8-4-6-10-14(12)22(18)2/h3-10H,1-2H3. The van der Waals surface area contributed by atoms with Crippen LogP contribution in [0.1, 0.15) is 0 Å². The van der Waals surface area contributed by atoms with Gasteiger partial charge in [0.15, 0.2) is 10.3 Å². The van der Waals surface area contributed by atoms with Crippen LogP contribution in [0, 0.1) is 0 Å². The van der Waals surface area contributed by atoms with E-state index in [-0.39, 0.29) is 11.1 Å². The molecule has 4 aromatic rings. The van der Waals surface area contributed by atoms with Gasteiger partial charge in [0.2, 0.25) is 0 Å². The number of para-hydroxylation sites is 2. The molecular weight excluding hydrogens is 368 g/mol. The molecule has 0 aliphatic carbocycles. The first kappa shape index (κ1) is 16.9. The largest absolute Gasteiger partial charge is 0.322 e. The Bertz CT molecular complexity index is 1160. The summed E-state index contributed by atoms with van der Waals surface area (Å²) < 4.78 is 3.74.